The van der Waals surface area contributed by atoms with E-state index in [1.807, 2.05) is 18.2 Å². The summed E-state index contributed by atoms with van der Waals surface area (Å²) in [5.74, 6) is 1.57. The topological polar surface area (TPSA) is 57.7 Å². The van der Waals surface area contributed by atoms with Crippen molar-refractivity contribution in [3.63, 3.8) is 0 Å². The Kier molecular flexibility index (Phi) is 6.58. The first-order valence-electron chi connectivity index (χ1n) is 7.62. The smallest absolute Gasteiger partial charge is 0.210 e. The minimum atomic E-state index is 0.720. The molecule has 1 aliphatic heterocycles. The van der Waals surface area contributed by atoms with Crippen molar-refractivity contribution in [3.8, 4) is 5.75 Å². The first-order chi connectivity index (χ1) is 10.7. The van der Waals surface area contributed by atoms with Crippen LogP contribution in [0.3, 0.4) is 0 Å². The summed E-state index contributed by atoms with van der Waals surface area (Å²) < 4.78 is 6.88. The maximum atomic E-state index is 5.89. The number of aliphatic imine (C=N–C) groups is 1. The molecule has 1 aliphatic rings. The second kappa shape index (κ2) is 8.68. The summed E-state index contributed by atoms with van der Waals surface area (Å²) in [7, 11) is 0. The molecule has 0 radical (unpaired) electrons. The maximum Gasteiger partial charge on any atom is 0.210 e. The van der Waals surface area contributed by atoms with Crippen LogP contribution in [0, 0.1) is 0 Å². The van der Waals surface area contributed by atoms with Gasteiger partial charge in [-0.15, -0.1) is 0 Å². The van der Waals surface area contributed by atoms with E-state index in [-0.39, 0.29) is 0 Å². The molecule has 0 spiro atoms. The predicted octanol–water partition coefficient (Wildman–Crippen LogP) is 3.04. The van der Waals surface area contributed by atoms with Crippen LogP contribution in [-0.2, 0) is 0 Å². The van der Waals surface area contributed by atoms with E-state index >= 15 is 0 Å². The monoisotopic (exact) mass is 366 g/mol. The van der Waals surface area contributed by atoms with Crippen molar-refractivity contribution in [3.05, 3.63) is 34.8 Å². The van der Waals surface area contributed by atoms with Crippen molar-refractivity contribution in [2.75, 3.05) is 19.7 Å². The molecule has 0 amide bonds. The molecule has 1 aromatic carbocycles. The number of ether oxygens (including phenoxy) is 1. The minimum Gasteiger partial charge on any atom is -0.493 e. The highest BCUT2D eigenvalue weighted by Gasteiger charge is 2.10. The molecule has 2 rings (SSSR count). The number of nitrogens with one attached hydrogen (secondary N) is 3. The van der Waals surface area contributed by atoms with Crippen molar-refractivity contribution in [2.45, 2.75) is 26.2 Å². The van der Waals surface area contributed by atoms with Crippen LogP contribution in [0.1, 0.15) is 31.7 Å². The summed E-state index contributed by atoms with van der Waals surface area (Å²) in [6.45, 7) is 8.63. The number of hydrazine groups is 1. The van der Waals surface area contributed by atoms with Gasteiger partial charge in [-0.1, -0.05) is 42.3 Å². The van der Waals surface area contributed by atoms with Gasteiger partial charge in [-0.05, 0) is 24.6 Å². The van der Waals surface area contributed by atoms with Gasteiger partial charge >= 0.3 is 0 Å². The molecule has 5 nitrogen and oxygen atoms in total. The van der Waals surface area contributed by atoms with Crippen LogP contribution in [0.2, 0.25) is 0 Å². The van der Waals surface area contributed by atoms with E-state index in [0.717, 1.165) is 53.6 Å². The second-order valence-corrected chi connectivity index (χ2v) is 6.00. The van der Waals surface area contributed by atoms with Crippen LogP contribution in [0.5, 0.6) is 5.75 Å². The minimum absolute atomic E-state index is 0.720. The number of benzene rings is 1. The number of rotatable bonds is 8. The van der Waals surface area contributed by atoms with Crippen molar-refractivity contribution in [2.24, 2.45) is 4.99 Å². The lowest BCUT2D eigenvalue weighted by Crippen LogP contribution is -2.42. The van der Waals surface area contributed by atoms with Gasteiger partial charge in [-0.2, -0.15) is 0 Å². The molecule has 6 heteroatoms. The number of nitrogens with zero attached hydrogens (tertiary/aromatic N) is 1. The van der Waals surface area contributed by atoms with Gasteiger partial charge in [0.1, 0.15) is 5.75 Å². The Morgan fingerprint density at radius 3 is 3.05 bits per heavy atom. The molecule has 0 aromatic heterocycles. The Labute approximate surface area is 140 Å². The second-order valence-electron chi connectivity index (χ2n) is 5.08. The highest BCUT2D eigenvalue weighted by Crippen LogP contribution is 2.27. The molecule has 3 N–H and O–H groups in total. The Morgan fingerprint density at radius 1 is 1.45 bits per heavy atom. The fraction of sp³-hybridized carbons (Fsp3) is 0.438. The number of hydrogen-bond donors (Lipinski definition) is 3. The summed E-state index contributed by atoms with van der Waals surface area (Å²) in [5.41, 5.74) is 7.76. The Hall–Kier alpha value is -1.69. The van der Waals surface area contributed by atoms with Gasteiger partial charge in [0.2, 0.25) is 5.96 Å². The molecule has 0 unspecified atom stereocenters. The van der Waals surface area contributed by atoms with Crippen molar-refractivity contribution >= 4 is 27.6 Å². The quantitative estimate of drug-likeness (QED) is 0.488. The molecular formula is C16H23BrN4O. The Morgan fingerprint density at radius 2 is 2.32 bits per heavy atom. The van der Waals surface area contributed by atoms with E-state index in [0.29, 0.717) is 0 Å². The molecule has 120 valence electrons. The summed E-state index contributed by atoms with van der Waals surface area (Å²) in [6.07, 6.45) is 3.42. The molecule has 0 bridgehead atoms. The third-order valence-electron chi connectivity index (χ3n) is 3.28. The molecule has 0 saturated carbocycles. The zero-order valence-electron chi connectivity index (χ0n) is 12.9. The lowest BCUT2D eigenvalue weighted by molar-refractivity contribution is 0.305. The Balaban J connectivity index is 1.97. The summed E-state index contributed by atoms with van der Waals surface area (Å²) >= 11 is 3.49. The number of unbranched alkanes of at least 4 members (excludes halogenated alkanes) is 2. The van der Waals surface area contributed by atoms with Crippen molar-refractivity contribution in [1.82, 2.24) is 16.2 Å². The van der Waals surface area contributed by atoms with Gasteiger partial charge in [-0.3, -0.25) is 15.8 Å². The molecule has 0 aliphatic carbocycles. The molecule has 0 atom stereocenters. The molecular weight excluding hydrogens is 344 g/mol. The summed E-state index contributed by atoms with van der Waals surface area (Å²) in [4.78, 5) is 4.26. The van der Waals surface area contributed by atoms with Crippen LogP contribution in [0.15, 0.2) is 34.2 Å². The van der Waals surface area contributed by atoms with Gasteiger partial charge in [0.25, 0.3) is 0 Å². The number of guanidine groups is 1. The molecule has 0 saturated heterocycles. The number of hydrogen-bond acceptors (Lipinski definition) is 5. The van der Waals surface area contributed by atoms with Crippen LogP contribution < -0.4 is 20.9 Å². The molecule has 1 heterocycles. The Bertz CT molecular complexity index is 545. The van der Waals surface area contributed by atoms with Crippen LogP contribution >= 0.6 is 15.9 Å². The maximum absolute atomic E-state index is 5.89. The van der Waals surface area contributed by atoms with Crippen LogP contribution in [0.4, 0.5) is 0 Å². The highest BCUT2D eigenvalue weighted by atomic mass is 79.9. The van der Waals surface area contributed by atoms with E-state index in [2.05, 4.69) is 50.6 Å². The molecule has 1 aromatic rings. The molecule has 0 fully saturated rings. The van der Waals surface area contributed by atoms with Crippen molar-refractivity contribution < 1.29 is 4.74 Å². The van der Waals surface area contributed by atoms with Gasteiger partial charge in [-0.25, -0.2) is 0 Å². The third-order valence-corrected chi connectivity index (χ3v) is 3.77. The van der Waals surface area contributed by atoms with Gasteiger partial charge in [0.05, 0.1) is 18.8 Å². The van der Waals surface area contributed by atoms with E-state index in [4.69, 9.17) is 4.74 Å². The molecule has 22 heavy (non-hydrogen) atoms. The normalized spacial score (nSPS) is 13.3. The fourth-order valence-corrected chi connectivity index (χ4v) is 2.44. The average Bonchev–Trinajstić information content (AvgIpc) is 3.03. The van der Waals surface area contributed by atoms with E-state index in [9.17, 15) is 0 Å². The van der Waals surface area contributed by atoms with Crippen LogP contribution in [-0.4, -0.2) is 25.7 Å². The van der Waals surface area contributed by atoms with E-state index < -0.39 is 0 Å². The highest BCUT2D eigenvalue weighted by molar-refractivity contribution is 9.10. The lowest BCUT2D eigenvalue weighted by Gasteiger charge is -2.16. The SMILES string of the molecule is C=C(NNC1=NCCN1)c1cc(Br)ccc1OCCCCC. The number of halogens is 1. The standard InChI is InChI=1S/C16H23BrN4O/c1-3-4-5-10-22-15-7-6-13(17)11-14(15)12(2)20-21-16-18-8-9-19-16/h6-7,11,20H,2-5,8-10H2,1H3,(H2,18,19,21). The largest absolute Gasteiger partial charge is 0.493 e. The van der Waals surface area contributed by atoms with E-state index in [1.54, 1.807) is 0 Å². The predicted molar refractivity (Wildman–Crippen MR) is 94.8 cm³/mol. The van der Waals surface area contributed by atoms with Gasteiger partial charge in [0, 0.05) is 16.6 Å². The van der Waals surface area contributed by atoms with E-state index in [1.165, 1.54) is 12.8 Å². The first kappa shape index (κ1) is 16.7. The third kappa shape index (κ3) is 4.94. The van der Waals surface area contributed by atoms with Crippen molar-refractivity contribution in [1.29, 1.82) is 0 Å². The lowest BCUT2D eigenvalue weighted by atomic mass is 10.1. The zero-order valence-corrected chi connectivity index (χ0v) is 14.5. The van der Waals surface area contributed by atoms with Crippen LogP contribution in [0.25, 0.3) is 5.70 Å². The zero-order chi connectivity index (χ0) is 15.8. The fourth-order valence-electron chi connectivity index (χ4n) is 2.08. The van der Waals surface area contributed by atoms with Gasteiger partial charge in [0.15, 0.2) is 0 Å². The summed E-state index contributed by atoms with van der Waals surface area (Å²) in [6, 6.07) is 5.93. The first-order valence-corrected chi connectivity index (χ1v) is 8.42. The van der Waals surface area contributed by atoms with Gasteiger partial charge < -0.3 is 10.1 Å². The summed E-state index contributed by atoms with van der Waals surface area (Å²) in [5, 5.41) is 3.13. The average molecular weight is 367 g/mol.